The first kappa shape index (κ1) is 34.8. The molecule has 0 radical (unpaired) electrons. The van der Waals surface area contributed by atoms with Crippen molar-refractivity contribution in [2.75, 3.05) is 13.7 Å². The minimum atomic E-state index is -1.16. The van der Waals surface area contributed by atoms with Crippen molar-refractivity contribution in [1.29, 1.82) is 0 Å². The highest BCUT2D eigenvalue weighted by Crippen LogP contribution is 2.63. The Bertz CT molecular complexity index is 2250. The number of nitrogens with one attached hydrogen (secondary N) is 3. The van der Waals surface area contributed by atoms with E-state index in [-0.39, 0.29) is 36.6 Å². The van der Waals surface area contributed by atoms with Gasteiger partial charge in [-0.25, -0.2) is 0 Å². The number of fused-ring (bicyclic) bond motifs is 7. The third-order valence-corrected chi connectivity index (χ3v) is 11.9. The molecule has 1 aliphatic carbocycles. The number of nitrogens with two attached hydrogens (primary N) is 1. The van der Waals surface area contributed by atoms with Crippen LogP contribution in [0.4, 0.5) is 0 Å². The zero-order valence-electron chi connectivity index (χ0n) is 30.6. The predicted molar refractivity (Wildman–Crippen MR) is 194 cm³/mol. The fraction of sp³-hybridized carbons (Fsp3) is 0.475. The molecule has 2 fully saturated rings. The topological polar surface area (TPSA) is 166 Å². The van der Waals surface area contributed by atoms with E-state index < -0.39 is 23.6 Å². The summed E-state index contributed by atoms with van der Waals surface area (Å²) in [6.45, 7) is 16.6. The van der Waals surface area contributed by atoms with Gasteiger partial charge in [0.2, 0.25) is 0 Å². The summed E-state index contributed by atoms with van der Waals surface area (Å²) in [6, 6.07) is -0.486. The van der Waals surface area contributed by atoms with Gasteiger partial charge in [-0.05, 0) is 79.4 Å². The molecule has 2 saturated heterocycles. The predicted octanol–water partition coefficient (Wildman–Crippen LogP) is 1.88. The highest BCUT2D eigenvalue weighted by Gasteiger charge is 2.72. The van der Waals surface area contributed by atoms with Crippen molar-refractivity contribution in [2.45, 2.75) is 85.5 Å². The molecule has 0 spiro atoms. The Morgan fingerprint density at radius 1 is 1.10 bits per heavy atom. The quantitative estimate of drug-likeness (QED) is 0.122. The number of aromatic nitrogens is 3. The molecule has 3 aromatic rings. The van der Waals surface area contributed by atoms with Gasteiger partial charge in [0, 0.05) is 51.1 Å². The lowest BCUT2D eigenvalue weighted by molar-refractivity contribution is -0.144. The van der Waals surface area contributed by atoms with Gasteiger partial charge >= 0.3 is 11.9 Å². The van der Waals surface area contributed by atoms with Crippen LogP contribution in [0, 0.1) is 37.5 Å². The van der Waals surface area contributed by atoms with Gasteiger partial charge in [-0.2, -0.15) is 0 Å². The Morgan fingerprint density at radius 3 is 2.43 bits per heavy atom. The zero-order chi connectivity index (χ0) is 36.7. The van der Waals surface area contributed by atoms with Gasteiger partial charge in [0.1, 0.15) is 11.6 Å². The molecule has 6 bridgehead atoms. The molecular weight excluding hydrogens is 646 g/mol. The zero-order valence-corrected chi connectivity index (χ0v) is 30.6. The monoisotopic (exact) mass is 695 g/mol. The molecule has 51 heavy (non-hydrogen) atoms. The van der Waals surface area contributed by atoms with E-state index in [2.05, 4.69) is 47.2 Å². The van der Waals surface area contributed by atoms with Gasteiger partial charge in [-0.1, -0.05) is 40.3 Å². The van der Waals surface area contributed by atoms with Gasteiger partial charge in [0.25, 0.3) is 0 Å². The number of carbonyl (C=O) groups excluding carboxylic acids is 3. The molecule has 270 valence electrons. The molecular formula is C40H49N5O6. The van der Waals surface area contributed by atoms with Gasteiger partial charge in [-0.3, -0.25) is 14.4 Å². The van der Waals surface area contributed by atoms with Crippen LogP contribution in [-0.4, -0.2) is 68.1 Å². The molecule has 3 aromatic heterocycles. The number of aromatic amines is 3. The van der Waals surface area contributed by atoms with E-state index in [4.69, 9.17) is 15.2 Å². The molecule has 5 atom stereocenters. The first-order chi connectivity index (χ1) is 24.3. The van der Waals surface area contributed by atoms with Crippen LogP contribution in [0.15, 0.2) is 6.58 Å². The number of carbonyl (C=O) groups is 3. The Kier molecular flexibility index (Phi) is 8.57. The molecule has 4 aliphatic rings. The summed E-state index contributed by atoms with van der Waals surface area (Å²) in [4.78, 5) is 53.9. The third-order valence-electron chi connectivity index (χ3n) is 11.9. The largest absolute Gasteiger partial charge is 0.468 e. The number of H-pyrrole nitrogens is 3. The van der Waals surface area contributed by atoms with Crippen LogP contribution >= 0.6 is 0 Å². The maximum absolute atomic E-state index is 14.4. The highest BCUT2D eigenvalue weighted by atomic mass is 16.5. The van der Waals surface area contributed by atoms with E-state index in [0.29, 0.717) is 41.9 Å². The van der Waals surface area contributed by atoms with E-state index in [9.17, 15) is 19.5 Å². The van der Waals surface area contributed by atoms with Crippen LogP contribution in [0.5, 0.6) is 0 Å². The summed E-state index contributed by atoms with van der Waals surface area (Å²) in [5.74, 6) is -2.31. The summed E-state index contributed by atoms with van der Waals surface area (Å²) in [5.41, 5.74) is 14.4. The van der Waals surface area contributed by atoms with Gasteiger partial charge < -0.3 is 40.2 Å². The van der Waals surface area contributed by atoms with E-state index in [0.717, 1.165) is 67.4 Å². The van der Waals surface area contributed by atoms with Crippen molar-refractivity contribution in [1.82, 2.24) is 19.9 Å². The smallest absolute Gasteiger partial charge is 0.320 e. The highest BCUT2D eigenvalue weighted by molar-refractivity contribution is 6.19. The lowest BCUT2D eigenvalue weighted by atomic mass is 9.77. The molecule has 1 unspecified atom stereocenters. The lowest BCUT2D eigenvalue weighted by Crippen LogP contribution is -2.38. The van der Waals surface area contributed by atoms with Crippen molar-refractivity contribution >= 4 is 47.2 Å². The van der Waals surface area contributed by atoms with Crippen molar-refractivity contribution < 1.29 is 29.0 Å². The standard InChI is InChI=1S/C40H49N5O6/c1-9-22-19(5)34-38-40(41)21(7)24(11-12-30(47)51-14-13-18(3)4)36(45(38)40)32-33(39(49)50-8)37(48)31-20(6)26(43-35(31)32)15-28-23(10-2)25(17-46)29(42-28)16-27(22)44-34/h9,15-16,18,21,24,33,36,42-44,46H,1,10-14,17,41H2,2-8H3/b26-15-,27-16-,38-34?/t21-,24-,33+,36?,40-,45?/m0/s1. The number of rotatable bonds is 10. The number of hydrogen-bond acceptors (Lipinski definition) is 8. The van der Waals surface area contributed by atoms with Crippen molar-refractivity contribution in [3.63, 3.8) is 0 Å². The fourth-order valence-electron chi connectivity index (χ4n) is 9.12. The van der Waals surface area contributed by atoms with Crippen molar-refractivity contribution in [2.24, 2.45) is 29.4 Å². The molecule has 0 aromatic carbocycles. The van der Waals surface area contributed by atoms with Gasteiger partial charge in [0.05, 0.1) is 42.8 Å². The normalized spacial score (nSPS) is 25.5. The van der Waals surface area contributed by atoms with Gasteiger partial charge in [0.15, 0.2) is 5.78 Å². The number of methoxy groups -OCH3 is 1. The minimum Gasteiger partial charge on any atom is -0.468 e. The van der Waals surface area contributed by atoms with Crippen molar-refractivity contribution in [3.05, 3.63) is 72.7 Å². The number of aliphatic hydroxyl groups excluding tert-OH is 1. The second-order valence-corrected chi connectivity index (χ2v) is 14.9. The van der Waals surface area contributed by atoms with E-state index in [1.807, 2.05) is 39.0 Å². The Morgan fingerprint density at radius 2 is 1.78 bits per heavy atom. The molecule has 6 heterocycles. The summed E-state index contributed by atoms with van der Waals surface area (Å²) < 4.78 is 10.9. The number of ketones is 1. The van der Waals surface area contributed by atoms with Crippen LogP contribution in [0.3, 0.4) is 0 Å². The number of hydrogen-bond donors (Lipinski definition) is 5. The molecule has 11 heteroatoms. The number of piperidine rings is 1. The summed E-state index contributed by atoms with van der Waals surface area (Å²) in [5, 5.41) is 13.6. The second kappa shape index (κ2) is 12.6. The van der Waals surface area contributed by atoms with Crippen LogP contribution in [0.25, 0.3) is 29.5 Å². The molecule has 0 amide bonds. The molecule has 6 N–H and O–H groups in total. The molecule has 0 saturated carbocycles. The summed E-state index contributed by atoms with van der Waals surface area (Å²) in [7, 11) is 1.30. The first-order valence-corrected chi connectivity index (χ1v) is 18.1. The molecule has 3 aliphatic heterocycles. The average molecular weight is 696 g/mol. The number of esters is 2. The Labute approximate surface area is 297 Å². The average Bonchev–Trinajstić information content (AvgIpc) is 3.49. The van der Waals surface area contributed by atoms with E-state index in [1.54, 1.807) is 0 Å². The number of Topliss-reactive ketones (excluding diaryl/α,β-unsaturated/α-hetero) is 1. The Hall–Kier alpha value is -4.61. The SMILES string of the molecule is C=Cc1c(C)c2[nH]/c1=C\c1[nH]c(c(CC)c1CO)/C=c1\[nH]c3c(c1C)C(=O)[C@H](C(=O)OC)C=3C1[C@@H](CCC(=O)OCCC(C)C)[C@H](C)[C@@]3(N)C=2N13. The minimum absolute atomic E-state index is 0.157. The van der Waals surface area contributed by atoms with Crippen LogP contribution in [-0.2, 0) is 32.1 Å². The Balaban J connectivity index is 1.52. The first-order valence-electron chi connectivity index (χ1n) is 18.1. The maximum atomic E-state index is 14.4. The maximum Gasteiger partial charge on any atom is 0.320 e. The second-order valence-electron chi connectivity index (χ2n) is 14.9. The van der Waals surface area contributed by atoms with E-state index >= 15 is 0 Å². The van der Waals surface area contributed by atoms with Crippen molar-refractivity contribution in [3.8, 4) is 0 Å². The third kappa shape index (κ3) is 5.03. The fourth-order valence-corrected chi connectivity index (χ4v) is 9.12. The number of nitrogens with zero attached hydrogens (tertiary/aromatic N) is 1. The molecule has 7 rings (SSSR count). The number of ether oxygens (including phenoxy) is 2. The van der Waals surface area contributed by atoms with Crippen LogP contribution in [0.2, 0.25) is 0 Å². The molecule has 11 nitrogen and oxygen atoms in total. The summed E-state index contributed by atoms with van der Waals surface area (Å²) in [6.07, 6.45) is 7.90. The summed E-state index contributed by atoms with van der Waals surface area (Å²) >= 11 is 0. The number of aliphatic hydroxyl groups is 1. The van der Waals surface area contributed by atoms with Crippen LogP contribution < -0.4 is 27.1 Å². The van der Waals surface area contributed by atoms with Gasteiger partial charge in [-0.15, -0.1) is 0 Å². The van der Waals surface area contributed by atoms with Crippen LogP contribution in [0.1, 0.15) is 96.5 Å². The van der Waals surface area contributed by atoms with E-state index in [1.165, 1.54) is 7.11 Å². The lowest BCUT2D eigenvalue weighted by Gasteiger charge is -2.29.